The minimum atomic E-state index is 0.191. The molecular formula is C11H12ClN5. The third kappa shape index (κ3) is 1.98. The highest BCUT2D eigenvalue weighted by atomic mass is 35.5. The van der Waals surface area contributed by atoms with Gasteiger partial charge in [-0.3, -0.25) is 0 Å². The van der Waals surface area contributed by atoms with Gasteiger partial charge < -0.3 is 4.90 Å². The van der Waals surface area contributed by atoms with Crippen LogP contribution in [0.1, 0.15) is 6.42 Å². The van der Waals surface area contributed by atoms with Crippen molar-refractivity contribution in [3.05, 3.63) is 30.3 Å². The number of aromatic nitrogens is 4. The van der Waals surface area contributed by atoms with Gasteiger partial charge in [-0.15, -0.1) is 11.6 Å². The number of para-hydroxylation sites is 1. The van der Waals surface area contributed by atoms with Crippen molar-refractivity contribution in [2.24, 2.45) is 0 Å². The SMILES string of the molecule is ClC1CCN(c2nnnn2-c2ccccc2)C1. The van der Waals surface area contributed by atoms with Gasteiger partial charge in [-0.25, -0.2) is 0 Å². The maximum atomic E-state index is 6.10. The molecule has 1 unspecified atom stereocenters. The number of hydrogen-bond acceptors (Lipinski definition) is 4. The first-order chi connectivity index (χ1) is 8.34. The standard InChI is InChI=1S/C11H12ClN5/c12-9-6-7-16(8-9)11-13-14-15-17(11)10-4-2-1-3-5-10/h1-5,9H,6-8H2. The van der Waals surface area contributed by atoms with Crippen molar-refractivity contribution in [1.82, 2.24) is 20.2 Å². The second-order valence-electron chi connectivity index (χ2n) is 4.06. The summed E-state index contributed by atoms with van der Waals surface area (Å²) in [6.07, 6.45) is 0.975. The second-order valence-corrected chi connectivity index (χ2v) is 4.68. The van der Waals surface area contributed by atoms with Crippen LogP contribution in [0, 0.1) is 0 Å². The molecule has 1 saturated heterocycles. The zero-order valence-electron chi connectivity index (χ0n) is 9.20. The van der Waals surface area contributed by atoms with E-state index in [9.17, 15) is 0 Å². The lowest BCUT2D eigenvalue weighted by atomic mass is 10.3. The van der Waals surface area contributed by atoms with Gasteiger partial charge in [0.15, 0.2) is 0 Å². The van der Waals surface area contributed by atoms with Crippen LogP contribution in [-0.2, 0) is 0 Å². The zero-order chi connectivity index (χ0) is 11.7. The van der Waals surface area contributed by atoms with Gasteiger partial charge in [0.2, 0.25) is 5.95 Å². The van der Waals surface area contributed by atoms with E-state index in [2.05, 4.69) is 20.4 Å². The summed E-state index contributed by atoms with van der Waals surface area (Å²) in [5.74, 6) is 0.763. The first-order valence-corrected chi connectivity index (χ1v) is 6.01. The van der Waals surface area contributed by atoms with Gasteiger partial charge >= 0.3 is 0 Å². The fourth-order valence-electron chi connectivity index (χ4n) is 2.02. The third-order valence-corrected chi connectivity index (χ3v) is 3.22. The molecule has 2 heterocycles. The molecule has 17 heavy (non-hydrogen) atoms. The quantitative estimate of drug-likeness (QED) is 0.757. The number of alkyl halides is 1. The van der Waals surface area contributed by atoms with Crippen LogP contribution in [0.4, 0.5) is 5.95 Å². The first kappa shape index (κ1) is 10.5. The molecule has 2 aromatic rings. The number of nitrogens with zero attached hydrogens (tertiary/aromatic N) is 5. The van der Waals surface area contributed by atoms with Crippen molar-refractivity contribution in [1.29, 1.82) is 0 Å². The van der Waals surface area contributed by atoms with Crippen molar-refractivity contribution in [3.63, 3.8) is 0 Å². The average molecular weight is 250 g/mol. The highest BCUT2D eigenvalue weighted by Gasteiger charge is 2.25. The van der Waals surface area contributed by atoms with Crippen molar-refractivity contribution in [2.75, 3.05) is 18.0 Å². The molecule has 1 fully saturated rings. The Bertz CT molecular complexity index is 498. The predicted octanol–water partition coefficient (Wildman–Crippen LogP) is 1.48. The van der Waals surface area contributed by atoms with Crippen LogP contribution in [0.15, 0.2) is 30.3 Å². The molecule has 0 saturated carbocycles. The summed E-state index contributed by atoms with van der Waals surface area (Å²) < 4.78 is 1.74. The molecule has 88 valence electrons. The van der Waals surface area contributed by atoms with E-state index in [0.29, 0.717) is 0 Å². The molecule has 1 aromatic carbocycles. The molecule has 0 bridgehead atoms. The van der Waals surface area contributed by atoms with E-state index in [-0.39, 0.29) is 5.38 Å². The van der Waals surface area contributed by atoms with E-state index in [0.717, 1.165) is 31.1 Å². The molecule has 5 nitrogen and oxygen atoms in total. The number of hydrogen-bond donors (Lipinski definition) is 0. The third-order valence-electron chi connectivity index (χ3n) is 2.87. The molecule has 0 N–H and O–H groups in total. The van der Waals surface area contributed by atoms with Gasteiger partial charge in [0, 0.05) is 13.1 Å². The number of tetrazole rings is 1. The zero-order valence-corrected chi connectivity index (χ0v) is 9.96. The Kier molecular flexibility index (Phi) is 2.68. The number of rotatable bonds is 2. The van der Waals surface area contributed by atoms with Crippen molar-refractivity contribution in [2.45, 2.75) is 11.8 Å². The fraction of sp³-hybridized carbons (Fsp3) is 0.364. The molecular weight excluding hydrogens is 238 g/mol. The Labute approximate surface area is 104 Å². The first-order valence-electron chi connectivity index (χ1n) is 5.57. The minimum absolute atomic E-state index is 0.191. The number of anilines is 1. The van der Waals surface area contributed by atoms with Gasteiger partial charge in [-0.2, -0.15) is 4.68 Å². The Balaban J connectivity index is 1.95. The maximum absolute atomic E-state index is 6.10. The molecule has 0 spiro atoms. The van der Waals surface area contributed by atoms with E-state index in [1.165, 1.54) is 0 Å². The summed E-state index contributed by atoms with van der Waals surface area (Å²) in [6, 6.07) is 9.87. The van der Waals surface area contributed by atoms with Crippen LogP contribution < -0.4 is 4.90 Å². The normalized spacial score (nSPS) is 19.8. The number of halogens is 1. The summed E-state index contributed by atoms with van der Waals surface area (Å²) in [6.45, 7) is 1.70. The summed E-state index contributed by atoms with van der Waals surface area (Å²) in [5.41, 5.74) is 0.963. The van der Waals surface area contributed by atoms with Crippen molar-refractivity contribution < 1.29 is 0 Å². The molecule has 1 aromatic heterocycles. The Morgan fingerprint density at radius 2 is 2.06 bits per heavy atom. The molecule has 0 aliphatic carbocycles. The highest BCUT2D eigenvalue weighted by Crippen LogP contribution is 2.22. The molecule has 1 aliphatic rings. The molecule has 3 rings (SSSR count). The van der Waals surface area contributed by atoms with Crippen molar-refractivity contribution >= 4 is 17.5 Å². The van der Waals surface area contributed by atoms with E-state index in [1.807, 2.05) is 30.3 Å². The molecule has 0 radical (unpaired) electrons. The number of benzene rings is 1. The summed E-state index contributed by atoms with van der Waals surface area (Å²) in [5, 5.41) is 12.0. The maximum Gasteiger partial charge on any atom is 0.250 e. The van der Waals surface area contributed by atoms with Crippen LogP contribution in [0.5, 0.6) is 0 Å². The largest absolute Gasteiger partial charge is 0.338 e. The smallest absolute Gasteiger partial charge is 0.250 e. The van der Waals surface area contributed by atoms with Crippen LogP contribution in [0.25, 0.3) is 5.69 Å². The molecule has 6 heteroatoms. The minimum Gasteiger partial charge on any atom is -0.338 e. The predicted molar refractivity (Wildman–Crippen MR) is 65.6 cm³/mol. The van der Waals surface area contributed by atoms with Crippen LogP contribution in [-0.4, -0.2) is 38.7 Å². The average Bonchev–Trinajstić information content (AvgIpc) is 2.98. The summed E-state index contributed by atoms with van der Waals surface area (Å²) in [7, 11) is 0. The van der Waals surface area contributed by atoms with Gasteiger partial charge in [0.05, 0.1) is 11.1 Å². The monoisotopic (exact) mass is 249 g/mol. The van der Waals surface area contributed by atoms with E-state index < -0.39 is 0 Å². The Morgan fingerprint density at radius 1 is 1.24 bits per heavy atom. The fourth-order valence-corrected chi connectivity index (χ4v) is 2.28. The lowest BCUT2D eigenvalue weighted by Gasteiger charge is -2.15. The van der Waals surface area contributed by atoms with Gasteiger partial charge in [0.25, 0.3) is 0 Å². The Morgan fingerprint density at radius 3 is 2.76 bits per heavy atom. The lowest BCUT2D eigenvalue weighted by molar-refractivity contribution is 0.776. The lowest BCUT2D eigenvalue weighted by Crippen LogP contribution is -2.23. The van der Waals surface area contributed by atoms with Gasteiger partial charge in [-0.05, 0) is 29.0 Å². The molecule has 0 amide bonds. The Hall–Kier alpha value is -1.62. The van der Waals surface area contributed by atoms with E-state index in [1.54, 1.807) is 4.68 Å². The van der Waals surface area contributed by atoms with Gasteiger partial charge in [-0.1, -0.05) is 23.3 Å². The summed E-state index contributed by atoms with van der Waals surface area (Å²) >= 11 is 6.10. The summed E-state index contributed by atoms with van der Waals surface area (Å²) in [4.78, 5) is 2.12. The van der Waals surface area contributed by atoms with Crippen LogP contribution in [0.2, 0.25) is 0 Å². The van der Waals surface area contributed by atoms with Crippen molar-refractivity contribution in [3.8, 4) is 5.69 Å². The molecule has 1 aliphatic heterocycles. The van der Waals surface area contributed by atoms with Crippen LogP contribution in [0.3, 0.4) is 0 Å². The highest BCUT2D eigenvalue weighted by molar-refractivity contribution is 6.21. The van der Waals surface area contributed by atoms with Crippen LogP contribution >= 0.6 is 11.6 Å². The topological polar surface area (TPSA) is 46.8 Å². The van der Waals surface area contributed by atoms with E-state index >= 15 is 0 Å². The molecule has 1 atom stereocenters. The van der Waals surface area contributed by atoms with E-state index in [4.69, 9.17) is 11.6 Å². The second kappa shape index (κ2) is 4.33. The van der Waals surface area contributed by atoms with Gasteiger partial charge in [0.1, 0.15) is 0 Å².